The number of nitrogens with two attached hydrogens (primary N) is 1. The molecule has 0 aromatic carbocycles. The molecule has 2 heterocycles. The van der Waals surface area contributed by atoms with E-state index in [0.29, 0.717) is 17.2 Å². The van der Waals surface area contributed by atoms with Gasteiger partial charge in [-0.2, -0.15) is 18.2 Å². The van der Waals surface area contributed by atoms with Crippen molar-refractivity contribution < 1.29 is 22.4 Å². The number of halogens is 3. The monoisotopic (exact) mass is 294 g/mol. The van der Waals surface area contributed by atoms with Crippen molar-refractivity contribution in [2.45, 2.75) is 19.3 Å². The molecule has 0 spiro atoms. The number of hydrogen-bond acceptors (Lipinski definition) is 7. The summed E-state index contributed by atoms with van der Waals surface area (Å²) in [6.45, 7) is -1.44. The van der Waals surface area contributed by atoms with Crippen molar-refractivity contribution in [1.29, 1.82) is 0 Å². The molecule has 0 atom stereocenters. The van der Waals surface area contributed by atoms with E-state index in [0.717, 1.165) is 0 Å². The van der Waals surface area contributed by atoms with Gasteiger partial charge in [0.05, 0.1) is 0 Å². The molecule has 10 heteroatoms. The Kier molecular flexibility index (Phi) is 4.12. The van der Waals surface area contributed by atoms with Gasteiger partial charge < -0.3 is 15.0 Å². The fourth-order valence-electron chi connectivity index (χ4n) is 1.18. The lowest BCUT2D eigenvalue weighted by molar-refractivity contribution is -0.177. The van der Waals surface area contributed by atoms with Gasteiger partial charge in [-0.05, 0) is 0 Å². The summed E-state index contributed by atoms with van der Waals surface area (Å²) >= 11 is 1.33. The smallest absolute Gasteiger partial charge is 0.364 e. The Labute approximate surface area is 109 Å². The SMILES string of the molecule is NCc1nc(-c2nc(COCC(F)(F)F)no2)cs1. The predicted octanol–water partition coefficient (Wildman–Crippen LogP) is 1.73. The molecule has 0 amide bonds. The second-order valence-electron chi connectivity index (χ2n) is 3.45. The summed E-state index contributed by atoms with van der Waals surface area (Å²) in [5.41, 5.74) is 5.85. The van der Waals surface area contributed by atoms with E-state index in [1.807, 2.05) is 0 Å². The molecule has 104 valence electrons. The van der Waals surface area contributed by atoms with Crippen LogP contribution in [0.4, 0.5) is 13.2 Å². The van der Waals surface area contributed by atoms with Crippen LogP contribution in [0.5, 0.6) is 0 Å². The summed E-state index contributed by atoms with van der Waals surface area (Å²) in [4.78, 5) is 7.99. The van der Waals surface area contributed by atoms with Crippen LogP contribution >= 0.6 is 11.3 Å². The van der Waals surface area contributed by atoms with Crippen molar-refractivity contribution in [1.82, 2.24) is 15.1 Å². The summed E-state index contributed by atoms with van der Waals surface area (Å²) in [5, 5.41) is 5.88. The summed E-state index contributed by atoms with van der Waals surface area (Å²) in [7, 11) is 0. The summed E-state index contributed by atoms with van der Waals surface area (Å²) in [6.07, 6.45) is -4.38. The van der Waals surface area contributed by atoms with E-state index in [2.05, 4.69) is 19.9 Å². The number of alkyl halides is 3. The van der Waals surface area contributed by atoms with Crippen molar-refractivity contribution in [2.75, 3.05) is 6.61 Å². The van der Waals surface area contributed by atoms with Crippen LogP contribution in [0, 0.1) is 0 Å². The Morgan fingerprint density at radius 1 is 1.37 bits per heavy atom. The van der Waals surface area contributed by atoms with Crippen LogP contribution in [-0.2, 0) is 17.9 Å². The molecule has 2 N–H and O–H groups in total. The van der Waals surface area contributed by atoms with Crippen LogP contribution < -0.4 is 5.73 Å². The minimum absolute atomic E-state index is 0.0292. The van der Waals surface area contributed by atoms with Gasteiger partial charge in [-0.25, -0.2) is 4.98 Å². The fourth-order valence-corrected chi connectivity index (χ4v) is 1.83. The molecule has 6 nitrogen and oxygen atoms in total. The van der Waals surface area contributed by atoms with Gasteiger partial charge in [-0.3, -0.25) is 0 Å². The normalized spacial score (nSPS) is 12.0. The number of nitrogens with zero attached hydrogens (tertiary/aromatic N) is 3. The van der Waals surface area contributed by atoms with E-state index in [-0.39, 0.29) is 18.3 Å². The maximum absolute atomic E-state index is 11.9. The Morgan fingerprint density at radius 2 is 2.16 bits per heavy atom. The minimum Gasteiger partial charge on any atom is -0.364 e. The summed E-state index contributed by atoms with van der Waals surface area (Å²) in [6, 6.07) is 0. The summed E-state index contributed by atoms with van der Waals surface area (Å²) in [5.74, 6) is 0.156. The Hall–Kier alpha value is -1.52. The average molecular weight is 294 g/mol. The minimum atomic E-state index is -4.38. The molecule has 2 rings (SSSR count). The molecule has 0 bridgehead atoms. The van der Waals surface area contributed by atoms with Crippen LogP contribution in [0.3, 0.4) is 0 Å². The van der Waals surface area contributed by atoms with E-state index < -0.39 is 12.8 Å². The van der Waals surface area contributed by atoms with Crippen molar-refractivity contribution in [2.24, 2.45) is 5.73 Å². The third kappa shape index (κ3) is 3.98. The molecule has 0 unspecified atom stereocenters. The highest BCUT2D eigenvalue weighted by Gasteiger charge is 2.27. The molecule has 2 aromatic heterocycles. The largest absolute Gasteiger partial charge is 0.411 e. The molecule has 19 heavy (non-hydrogen) atoms. The van der Waals surface area contributed by atoms with Crippen molar-refractivity contribution in [3.8, 4) is 11.6 Å². The van der Waals surface area contributed by atoms with E-state index >= 15 is 0 Å². The number of rotatable bonds is 5. The lowest BCUT2D eigenvalue weighted by Gasteiger charge is -2.04. The van der Waals surface area contributed by atoms with Gasteiger partial charge in [-0.1, -0.05) is 5.16 Å². The zero-order chi connectivity index (χ0) is 13.9. The molecule has 2 aromatic rings. The molecular weight excluding hydrogens is 285 g/mol. The number of hydrogen-bond donors (Lipinski definition) is 1. The Morgan fingerprint density at radius 3 is 2.79 bits per heavy atom. The topological polar surface area (TPSA) is 87.1 Å². The van der Waals surface area contributed by atoms with Crippen LogP contribution in [0.25, 0.3) is 11.6 Å². The van der Waals surface area contributed by atoms with Crippen molar-refractivity contribution in [3.05, 3.63) is 16.2 Å². The highest BCUT2D eigenvalue weighted by atomic mass is 32.1. The molecular formula is C9H9F3N4O2S. The molecule has 0 aliphatic heterocycles. The fraction of sp³-hybridized carbons (Fsp3) is 0.444. The Bertz CT molecular complexity index is 540. The van der Waals surface area contributed by atoms with Crippen LogP contribution in [0.2, 0.25) is 0 Å². The number of aromatic nitrogens is 3. The Balaban J connectivity index is 1.95. The van der Waals surface area contributed by atoms with Gasteiger partial charge in [0.2, 0.25) is 0 Å². The third-order valence-corrected chi connectivity index (χ3v) is 2.78. The van der Waals surface area contributed by atoms with Gasteiger partial charge in [-0.15, -0.1) is 11.3 Å². The van der Waals surface area contributed by atoms with E-state index in [1.54, 1.807) is 5.38 Å². The first kappa shape index (κ1) is 13.9. The predicted molar refractivity (Wildman–Crippen MR) is 59.0 cm³/mol. The average Bonchev–Trinajstić information content (AvgIpc) is 2.94. The van der Waals surface area contributed by atoms with Crippen molar-refractivity contribution >= 4 is 11.3 Å². The zero-order valence-electron chi connectivity index (χ0n) is 9.48. The van der Waals surface area contributed by atoms with Gasteiger partial charge in [0.15, 0.2) is 5.82 Å². The molecule has 0 radical (unpaired) electrons. The number of ether oxygens (including phenoxy) is 1. The molecule has 0 aliphatic rings. The zero-order valence-corrected chi connectivity index (χ0v) is 10.3. The molecule has 0 saturated heterocycles. The maximum atomic E-state index is 11.9. The van der Waals surface area contributed by atoms with E-state index in [4.69, 9.17) is 10.3 Å². The summed E-state index contributed by atoms with van der Waals surface area (Å²) < 4.78 is 44.9. The second-order valence-corrected chi connectivity index (χ2v) is 4.40. The standard InChI is InChI=1S/C9H9F3N4O2S/c10-9(11,12)4-17-2-6-15-8(18-16-6)5-3-19-7(1-13)14-5/h3H,1-2,4,13H2. The molecule has 0 saturated carbocycles. The van der Waals surface area contributed by atoms with Gasteiger partial charge in [0.25, 0.3) is 5.89 Å². The first-order valence-electron chi connectivity index (χ1n) is 5.10. The van der Waals surface area contributed by atoms with Crippen LogP contribution in [0.1, 0.15) is 10.8 Å². The number of thiazole rings is 1. The van der Waals surface area contributed by atoms with E-state index in [9.17, 15) is 13.2 Å². The van der Waals surface area contributed by atoms with Gasteiger partial charge in [0, 0.05) is 11.9 Å². The van der Waals surface area contributed by atoms with Crippen LogP contribution in [-0.4, -0.2) is 27.9 Å². The lowest BCUT2D eigenvalue weighted by Crippen LogP contribution is -2.16. The van der Waals surface area contributed by atoms with Crippen molar-refractivity contribution in [3.63, 3.8) is 0 Å². The second kappa shape index (κ2) is 5.63. The highest BCUT2D eigenvalue weighted by molar-refractivity contribution is 7.09. The van der Waals surface area contributed by atoms with Gasteiger partial charge in [0.1, 0.15) is 23.9 Å². The third-order valence-electron chi connectivity index (χ3n) is 1.91. The first-order valence-corrected chi connectivity index (χ1v) is 5.98. The highest BCUT2D eigenvalue weighted by Crippen LogP contribution is 2.20. The lowest BCUT2D eigenvalue weighted by atomic mass is 10.5. The van der Waals surface area contributed by atoms with Crippen LogP contribution in [0.15, 0.2) is 9.90 Å². The molecule has 0 fully saturated rings. The first-order chi connectivity index (χ1) is 8.98. The molecule has 0 aliphatic carbocycles. The van der Waals surface area contributed by atoms with E-state index in [1.165, 1.54) is 11.3 Å². The maximum Gasteiger partial charge on any atom is 0.411 e. The quantitative estimate of drug-likeness (QED) is 0.903. The van der Waals surface area contributed by atoms with Gasteiger partial charge >= 0.3 is 6.18 Å².